The van der Waals surface area contributed by atoms with Gasteiger partial charge in [0.25, 0.3) is 5.91 Å². The Morgan fingerprint density at radius 2 is 1.69 bits per heavy atom. The van der Waals surface area contributed by atoms with Crippen molar-refractivity contribution >= 4 is 28.2 Å². The maximum Gasteiger partial charge on any atom is 0.341 e. The molecule has 0 saturated heterocycles. The third-order valence-electron chi connectivity index (χ3n) is 4.59. The highest BCUT2D eigenvalue weighted by Crippen LogP contribution is 2.36. The Balaban J connectivity index is 1.51. The number of thiophene rings is 1. The number of carbonyl (C=O) groups excluding carboxylic acids is 2. The van der Waals surface area contributed by atoms with E-state index < -0.39 is 11.9 Å². The minimum atomic E-state index is -0.487. The van der Waals surface area contributed by atoms with E-state index in [1.807, 2.05) is 66.0 Å². The van der Waals surface area contributed by atoms with E-state index in [0.29, 0.717) is 27.6 Å². The highest BCUT2D eigenvalue weighted by Gasteiger charge is 2.24. The van der Waals surface area contributed by atoms with Crippen LogP contribution in [-0.4, -0.2) is 18.5 Å². The molecule has 4 rings (SSSR count). The Kier molecular flexibility index (Phi) is 6.67. The average molecular weight is 448 g/mol. The van der Waals surface area contributed by atoms with Crippen molar-refractivity contribution in [2.75, 3.05) is 11.9 Å². The summed E-state index contributed by atoms with van der Waals surface area (Å²) < 4.78 is 16.5. The van der Waals surface area contributed by atoms with Crippen LogP contribution in [0.3, 0.4) is 0 Å². The largest absolute Gasteiger partial charge is 0.486 e. The van der Waals surface area contributed by atoms with Crippen LogP contribution < -0.4 is 10.1 Å². The van der Waals surface area contributed by atoms with Gasteiger partial charge >= 0.3 is 5.97 Å². The predicted molar refractivity (Wildman–Crippen MR) is 123 cm³/mol. The first-order valence-electron chi connectivity index (χ1n) is 10.1. The van der Waals surface area contributed by atoms with Crippen molar-refractivity contribution in [1.82, 2.24) is 0 Å². The maximum atomic E-state index is 12.8. The van der Waals surface area contributed by atoms with Crippen LogP contribution in [0.25, 0.3) is 11.1 Å². The topological polar surface area (TPSA) is 77.8 Å². The van der Waals surface area contributed by atoms with E-state index >= 15 is 0 Å². The van der Waals surface area contributed by atoms with Gasteiger partial charge in [-0.2, -0.15) is 0 Å². The van der Waals surface area contributed by atoms with Crippen molar-refractivity contribution in [3.05, 3.63) is 95.3 Å². The van der Waals surface area contributed by atoms with Gasteiger partial charge in [-0.1, -0.05) is 48.5 Å². The standard InChI is InChI=1S/C25H21NO5S/c1-2-29-25(28)22-20(17-9-5-3-6-10-17)16-32-24(22)26-23(27)21-14-13-19(31-21)15-30-18-11-7-4-8-12-18/h3-14,16H,2,15H2,1H3,(H,26,27). The Morgan fingerprint density at radius 1 is 0.969 bits per heavy atom. The van der Waals surface area contributed by atoms with Crippen LogP contribution >= 0.6 is 11.3 Å². The fourth-order valence-corrected chi connectivity index (χ4v) is 4.05. The molecular formula is C25H21NO5S. The monoisotopic (exact) mass is 447 g/mol. The molecule has 0 aliphatic rings. The van der Waals surface area contributed by atoms with Gasteiger partial charge in [-0.25, -0.2) is 4.79 Å². The number of amides is 1. The van der Waals surface area contributed by atoms with Gasteiger partial charge < -0.3 is 19.2 Å². The molecule has 0 spiro atoms. The van der Waals surface area contributed by atoms with Gasteiger partial charge in [-0.05, 0) is 36.8 Å². The number of hydrogen-bond donors (Lipinski definition) is 1. The number of rotatable bonds is 8. The molecule has 1 amide bonds. The fourth-order valence-electron chi connectivity index (χ4n) is 3.10. The lowest BCUT2D eigenvalue weighted by atomic mass is 10.0. The number of para-hydroxylation sites is 1. The number of benzene rings is 2. The Hall–Kier alpha value is -3.84. The van der Waals surface area contributed by atoms with Gasteiger partial charge in [0, 0.05) is 10.9 Å². The molecule has 0 atom stereocenters. The average Bonchev–Trinajstić information content (AvgIpc) is 3.46. The van der Waals surface area contributed by atoms with Crippen molar-refractivity contribution in [2.24, 2.45) is 0 Å². The molecule has 1 N–H and O–H groups in total. The van der Waals surface area contributed by atoms with Crippen LogP contribution in [0.2, 0.25) is 0 Å². The van der Waals surface area contributed by atoms with E-state index in [-0.39, 0.29) is 19.0 Å². The molecule has 0 unspecified atom stereocenters. The molecule has 32 heavy (non-hydrogen) atoms. The molecule has 6 nitrogen and oxygen atoms in total. The van der Waals surface area contributed by atoms with Crippen LogP contribution in [0.1, 0.15) is 33.6 Å². The summed E-state index contributed by atoms with van der Waals surface area (Å²) in [6.07, 6.45) is 0. The molecule has 0 aliphatic carbocycles. The normalized spacial score (nSPS) is 10.5. The Labute approximate surface area is 189 Å². The molecular weight excluding hydrogens is 426 g/mol. The number of ether oxygens (including phenoxy) is 2. The Bertz CT molecular complexity index is 1200. The lowest BCUT2D eigenvalue weighted by Gasteiger charge is -2.08. The Morgan fingerprint density at radius 3 is 2.41 bits per heavy atom. The van der Waals surface area contributed by atoms with E-state index in [0.717, 1.165) is 5.56 Å². The molecule has 4 aromatic rings. The molecule has 0 saturated carbocycles. The summed E-state index contributed by atoms with van der Waals surface area (Å²) in [5.74, 6) is 0.408. The molecule has 2 heterocycles. The summed E-state index contributed by atoms with van der Waals surface area (Å²) in [5, 5.41) is 5.03. The first-order chi connectivity index (χ1) is 15.7. The molecule has 0 radical (unpaired) electrons. The van der Waals surface area contributed by atoms with E-state index in [2.05, 4.69) is 5.32 Å². The third kappa shape index (κ3) is 4.90. The minimum absolute atomic E-state index is 0.126. The molecule has 2 aromatic carbocycles. The summed E-state index contributed by atoms with van der Waals surface area (Å²) >= 11 is 1.26. The number of furan rings is 1. The van der Waals surface area contributed by atoms with Gasteiger partial charge in [0.05, 0.1) is 6.61 Å². The van der Waals surface area contributed by atoms with Gasteiger partial charge in [-0.15, -0.1) is 11.3 Å². The quantitative estimate of drug-likeness (QED) is 0.334. The van der Waals surface area contributed by atoms with Crippen molar-refractivity contribution in [1.29, 1.82) is 0 Å². The first-order valence-corrected chi connectivity index (χ1v) is 11.0. The SMILES string of the molecule is CCOC(=O)c1c(-c2ccccc2)csc1NC(=O)c1ccc(COc2ccccc2)o1. The second-order valence-corrected chi connectivity index (χ2v) is 7.64. The van der Waals surface area contributed by atoms with E-state index in [4.69, 9.17) is 13.9 Å². The van der Waals surface area contributed by atoms with Crippen LogP contribution in [0, 0.1) is 0 Å². The summed E-state index contributed by atoms with van der Waals surface area (Å²) in [5.41, 5.74) is 1.90. The van der Waals surface area contributed by atoms with Crippen molar-refractivity contribution in [3.8, 4) is 16.9 Å². The molecule has 7 heteroatoms. The fraction of sp³-hybridized carbons (Fsp3) is 0.120. The highest BCUT2D eigenvalue weighted by molar-refractivity contribution is 7.15. The van der Waals surface area contributed by atoms with Crippen LogP contribution in [0.5, 0.6) is 5.75 Å². The van der Waals surface area contributed by atoms with E-state index in [9.17, 15) is 9.59 Å². The third-order valence-corrected chi connectivity index (χ3v) is 5.49. The minimum Gasteiger partial charge on any atom is -0.486 e. The van der Waals surface area contributed by atoms with Crippen LogP contribution in [0.15, 0.2) is 82.6 Å². The molecule has 0 bridgehead atoms. The number of nitrogens with one attached hydrogen (secondary N) is 1. The lowest BCUT2D eigenvalue weighted by molar-refractivity contribution is 0.0529. The summed E-state index contributed by atoms with van der Waals surface area (Å²) in [6.45, 7) is 2.17. The summed E-state index contributed by atoms with van der Waals surface area (Å²) in [6, 6.07) is 22.1. The number of esters is 1. The van der Waals surface area contributed by atoms with Crippen molar-refractivity contribution in [3.63, 3.8) is 0 Å². The van der Waals surface area contributed by atoms with Crippen molar-refractivity contribution < 1.29 is 23.5 Å². The second kappa shape index (κ2) is 9.98. The van der Waals surface area contributed by atoms with Gasteiger partial charge in [0.15, 0.2) is 5.76 Å². The van der Waals surface area contributed by atoms with Gasteiger partial charge in [0.1, 0.15) is 28.7 Å². The molecule has 2 aromatic heterocycles. The van der Waals surface area contributed by atoms with Crippen LogP contribution in [-0.2, 0) is 11.3 Å². The van der Waals surface area contributed by atoms with Gasteiger partial charge in [0.2, 0.25) is 0 Å². The lowest BCUT2D eigenvalue weighted by Crippen LogP contribution is -2.14. The van der Waals surface area contributed by atoms with E-state index in [1.54, 1.807) is 19.1 Å². The van der Waals surface area contributed by atoms with E-state index in [1.165, 1.54) is 11.3 Å². The first kappa shape index (κ1) is 21.4. The number of hydrogen-bond acceptors (Lipinski definition) is 6. The summed E-state index contributed by atoms with van der Waals surface area (Å²) in [7, 11) is 0. The molecule has 0 aliphatic heterocycles. The second-order valence-electron chi connectivity index (χ2n) is 6.76. The van der Waals surface area contributed by atoms with Crippen LogP contribution in [0.4, 0.5) is 5.00 Å². The summed E-state index contributed by atoms with van der Waals surface area (Å²) in [4.78, 5) is 25.4. The highest BCUT2D eigenvalue weighted by atomic mass is 32.1. The number of anilines is 1. The van der Waals surface area contributed by atoms with Gasteiger partial charge in [-0.3, -0.25) is 4.79 Å². The van der Waals surface area contributed by atoms with Crippen molar-refractivity contribution in [2.45, 2.75) is 13.5 Å². The molecule has 0 fully saturated rings. The zero-order chi connectivity index (χ0) is 22.3. The smallest absolute Gasteiger partial charge is 0.341 e. The maximum absolute atomic E-state index is 12.8. The number of carbonyl (C=O) groups is 2. The zero-order valence-corrected chi connectivity index (χ0v) is 18.2. The predicted octanol–water partition coefficient (Wildman–Crippen LogP) is 6.02. The molecule has 162 valence electrons. The zero-order valence-electron chi connectivity index (χ0n) is 17.4.